The summed E-state index contributed by atoms with van der Waals surface area (Å²) in [5.41, 5.74) is 0.672. The SMILES string of the molecule is CN(CC(=O)Nc1ccc(Cl)c(Cl)c1)C1CCCNCC1.Cl. The highest BCUT2D eigenvalue weighted by Gasteiger charge is 2.18. The van der Waals surface area contributed by atoms with E-state index < -0.39 is 0 Å². The molecular weight excluding hydrogens is 345 g/mol. The molecule has 1 saturated heterocycles. The molecule has 0 bridgehead atoms. The van der Waals surface area contributed by atoms with Crippen molar-refractivity contribution in [2.75, 3.05) is 32.0 Å². The van der Waals surface area contributed by atoms with Crippen molar-refractivity contribution in [2.24, 2.45) is 0 Å². The molecule has 0 saturated carbocycles. The number of likely N-dealkylation sites (N-methyl/N-ethyl adjacent to an activating group) is 1. The van der Waals surface area contributed by atoms with Gasteiger partial charge in [0.15, 0.2) is 0 Å². The number of halogens is 3. The second-order valence-electron chi connectivity index (χ2n) is 5.43. The van der Waals surface area contributed by atoms with Gasteiger partial charge in [0, 0.05) is 11.7 Å². The average molecular weight is 367 g/mol. The number of hydrogen-bond donors (Lipinski definition) is 2. The quantitative estimate of drug-likeness (QED) is 0.858. The van der Waals surface area contributed by atoms with Crippen LogP contribution in [0.4, 0.5) is 5.69 Å². The number of rotatable bonds is 4. The van der Waals surface area contributed by atoms with E-state index in [0.29, 0.717) is 28.3 Å². The van der Waals surface area contributed by atoms with Crippen LogP contribution in [0.5, 0.6) is 0 Å². The van der Waals surface area contributed by atoms with Gasteiger partial charge < -0.3 is 10.6 Å². The Balaban J connectivity index is 0.00000242. The Morgan fingerprint density at radius 3 is 2.82 bits per heavy atom. The second kappa shape index (κ2) is 9.58. The number of nitrogens with one attached hydrogen (secondary N) is 2. The Morgan fingerprint density at radius 1 is 1.32 bits per heavy atom. The molecule has 4 nitrogen and oxygen atoms in total. The first-order valence-electron chi connectivity index (χ1n) is 7.22. The molecule has 2 rings (SSSR count). The van der Waals surface area contributed by atoms with E-state index in [0.717, 1.165) is 32.4 Å². The minimum Gasteiger partial charge on any atom is -0.325 e. The molecule has 0 aliphatic carbocycles. The Morgan fingerprint density at radius 2 is 2.09 bits per heavy atom. The summed E-state index contributed by atoms with van der Waals surface area (Å²) in [4.78, 5) is 14.2. The lowest BCUT2D eigenvalue weighted by Gasteiger charge is -2.26. The fourth-order valence-electron chi connectivity index (χ4n) is 2.57. The van der Waals surface area contributed by atoms with E-state index >= 15 is 0 Å². The molecule has 2 N–H and O–H groups in total. The molecule has 1 unspecified atom stereocenters. The third-order valence-corrected chi connectivity index (χ3v) is 4.50. The van der Waals surface area contributed by atoms with E-state index in [2.05, 4.69) is 15.5 Å². The van der Waals surface area contributed by atoms with Crippen molar-refractivity contribution in [3.8, 4) is 0 Å². The Hall–Kier alpha value is -0.520. The number of nitrogens with zero attached hydrogens (tertiary/aromatic N) is 1. The lowest BCUT2D eigenvalue weighted by Crippen LogP contribution is -2.38. The molecule has 0 radical (unpaired) electrons. The van der Waals surface area contributed by atoms with E-state index in [9.17, 15) is 4.79 Å². The van der Waals surface area contributed by atoms with Crippen molar-refractivity contribution >= 4 is 47.2 Å². The fraction of sp³-hybridized carbons (Fsp3) is 0.533. The molecule has 1 aromatic rings. The largest absolute Gasteiger partial charge is 0.325 e. The predicted octanol–water partition coefficient (Wildman–Crippen LogP) is 3.43. The zero-order chi connectivity index (χ0) is 15.2. The minimum atomic E-state index is -0.0342. The van der Waals surface area contributed by atoms with Crippen molar-refractivity contribution in [1.29, 1.82) is 0 Å². The highest BCUT2D eigenvalue weighted by Crippen LogP contribution is 2.25. The van der Waals surface area contributed by atoms with Gasteiger partial charge in [-0.2, -0.15) is 0 Å². The number of hydrogen-bond acceptors (Lipinski definition) is 3. The van der Waals surface area contributed by atoms with Crippen LogP contribution in [0, 0.1) is 0 Å². The van der Waals surface area contributed by atoms with Gasteiger partial charge in [-0.1, -0.05) is 23.2 Å². The monoisotopic (exact) mass is 365 g/mol. The van der Waals surface area contributed by atoms with Crippen LogP contribution in [0.25, 0.3) is 0 Å². The summed E-state index contributed by atoms with van der Waals surface area (Å²) < 4.78 is 0. The lowest BCUT2D eigenvalue weighted by atomic mass is 10.1. The van der Waals surface area contributed by atoms with Crippen LogP contribution in [-0.2, 0) is 4.79 Å². The van der Waals surface area contributed by atoms with Gasteiger partial charge in [0.25, 0.3) is 0 Å². The fourth-order valence-corrected chi connectivity index (χ4v) is 2.87. The van der Waals surface area contributed by atoms with Crippen LogP contribution < -0.4 is 10.6 Å². The molecule has 7 heteroatoms. The molecule has 1 aliphatic rings. The maximum atomic E-state index is 12.1. The van der Waals surface area contributed by atoms with Crippen LogP contribution in [0.1, 0.15) is 19.3 Å². The molecule has 1 aromatic carbocycles. The number of benzene rings is 1. The topological polar surface area (TPSA) is 44.4 Å². The first kappa shape index (κ1) is 19.5. The minimum absolute atomic E-state index is 0. The number of anilines is 1. The molecule has 1 fully saturated rings. The van der Waals surface area contributed by atoms with Gasteiger partial charge in [-0.05, 0) is 57.6 Å². The van der Waals surface area contributed by atoms with Crippen molar-refractivity contribution in [2.45, 2.75) is 25.3 Å². The van der Waals surface area contributed by atoms with Gasteiger partial charge in [-0.25, -0.2) is 0 Å². The highest BCUT2D eigenvalue weighted by atomic mass is 35.5. The van der Waals surface area contributed by atoms with E-state index in [1.54, 1.807) is 18.2 Å². The van der Waals surface area contributed by atoms with Gasteiger partial charge in [0.05, 0.1) is 16.6 Å². The number of carbonyl (C=O) groups excluding carboxylic acids is 1. The molecular formula is C15H22Cl3N3O. The molecule has 124 valence electrons. The average Bonchev–Trinajstić information content (AvgIpc) is 2.72. The van der Waals surface area contributed by atoms with Gasteiger partial charge >= 0.3 is 0 Å². The maximum Gasteiger partial charge on any atom is 0.238 e. The molecule has 22 heavy (non-hydrogen) atoms. The lowest BCUT2D eigenvalue weighted by molar-refractivity contribution is -0.117. The van der Waals surface area contributed by atoms with Crippen molar-refractivity contribution in [3.05, 3.63) is 28.2 Å². The third kappa shape index (κ3) is 5.94. The van der Waals surface area contributed by atoms with E-state index in [-0.39, 0.29) is 18.3 Å². The molecule has 0 aromatic heterocycles. The molecule has 0 spiro atoms. The summed E-state index contributed by atoms with van der Waals surface area (Å²) in [5.74, 6) is -0.0342. The molecule has 1 atom stereocenters. The Bertz CT molecular complexity index is 491. The van der Waals surface area contributed by atoms with Crippen molar-refractivity contribution in [3.63, 3.8) is 0 Å². The van der Waals surface area contributed by atoms with Crippen LogP contribution in [-0.4, -0.2) is 43.5 Å². The Kier molecular flexibility index (Phi) is 8.50. The summed E-state index contributed by atoms with van der Waals surface area (Å²) in [7, 11) is 2.00. The van der Waals surface area contributed by atoms with Gasteiger partial charge in [0.2, 0.25) is 5.91 Å². The molecule has 1 heterocycles. The molecule has 1 aliphatic heterocycles. The van der Waals surface area contributed by atoms with Crippen LogP contribution >= 0.6 is 35.6 Å². The van der Waals surface area contributed by atoms with E-state index in [1.807, 2.05) is 7.05 Å². The normalized spacial score (nSPS) is 18.5. The number of carbonyl (C=O) groups is 1. The zero-order valence-corrected chi connectivity index (χ0v) is 14.9. The van der Waals surface area contributed by atoms with Crippen molar-refractivity contribution in [1.82, 2.24) is 10.2 Å². The summed E-state index contributed by atoms with van der Waals surface area (Å²) >= 11 is 11.8. The van der Waals surface area contributed by atoms with Crippen LogP contribution in [0.3, 0.4) is 0 Å². The first-order chi connectivity index (χ1) is 10.1. The third-order valence-electron chi connectivity index (χ3n) is 3.76. The van der Waals surface area contributed by atoms with Gasteiger partial charge in [0.1, 0.15) is 0 Å². The predicted molar refractivity (Wildman–Crippen MR) is 95.5 cm³/mol. The molecule has 1 amide bonds. The highest BCUT2D eigenvalue weighted by molar-refractivity contribution is 6.42. The van der Waals surface area contributed by atoms with Gasteiger partial charge in [-0.3, -0.25) is 9.69 Å². The summed E-state index contributed by atoms with van der Waals surface area (Å²) in [6.07, 6.45) is 3.36. The maximum absolute atomic E-state index is 12.1. The summed E-state index contributed by atoms with van der Waals surface area (Å²) in [6, 6.07) is 5.55. The van der Waals surface area contributed by atoms with Crippen molar-refractivity contribution < 1.29 is 4.79 Å². The summed E-state index contributed by atoms with van der Waals surface area (Å²) in [5, 5.41) is 7.16. The van der Waals surface area contributed by atoms with Crippen LogP contribution in [0.2, 0.25) is 10.0 Å². The standard InChI is InChI=1S/C15H21Cl2N3O.ClH/c1-20(12-3-2-7-18-8-6-12)10-15(21)19-11-4-5-13(16)14(17)9-11;/h4-5,9,12,18H,2-3,6-8,10H2,1H3,(H,19,21);1H. The number of amides is 1. The van der Waals surface area contributed by atoms with Gasteiger partial charge in [-0.15, -0.1) is 12.4 Å². The zero-order valence-electron chi connectivity index (χ0n) is 12.6. The second-order valence-corrected chi connectivity index (χ2v) is 6.24. The Labute approximate surface area is 147 Å². The van der Waals surface area contributed by atoms with Crippen LogP contribution in [0.15, 0.2) is 18.2 Å². The summed E-state index contributed by atoms with van der Waals surface area (Å²) in [6.45, 7) is 2.47. The van der Waals surface area contributed by atoms with E-state index in [4.69, 9.17) is 23.2 Å². The first-order valence-corrected chi connectivity index (χ1v) is 7.97. The van der Waals surface area contributed by atoms with E-state index in [1.165, 1.54) is 0 Å². The smallest absolute Gasteiger partial charge is 0.238 e.